The smallest absolute Gasteiger partial charge is 0.383 e. The summed E-state index contributed by atoms with van der Waals surface area (Å²) in [5.74, 6) is -6.62. The highest BCUT2D eigenvalue weighted by atomic mass is 16.7. The number of ether oxygens (including phenoxy) is 4. The molecule has 0 aliphatic carbocycles. The second kappa shape index (κ2) is 21.7. The van der Waals surface area contributed by atoms with E-state index in [1.54, 1.807) is 46.8 Å². The molecule has 6 N–H and O–H groups in total. The normalized spacial score (nSPS) is 31.1. The maximum Gasteiger partial charge on any atom is 0.383 e. The molecule has 5 bridgehead atoms. The number of terminal acetylenes is 1. The highest BCUT2D eigenvalue weighted by Gasteiger charge is 2.53. The van der Waals surface area contributed by atoms with Crippen LogP contribution in [-0.2, 0) is 28.6 Å². The van der Waals surface area contributed by atoms with Gasteiger partial charge >= 0.3 is 11.8 Å². The number of esters is 1. The number of fused-ring (bicyclic) bond motifs is 13. The third kappa shape index (κ3) is 10.6. The van der Waals surface area contributed by atoms with Crippen LogP contribution >= 0.6 is 0 Å². The molecule has 18 heteroatoms. The Morgan fingerprint density at radius 2 is 1.65 bits per heavy atom. The molecule has 0 aromatic heterocycles. The number of piperidine rings is 2. The number of methoxy groups -OCH3 is 1. The summed E-state index contributed by atoms with van der Waals surface area (Å²) < 4.78 is 24.3. The topological polar surface area (TPSA) is 241 Å². The number of aromatic hydroxyl groups is 2. The molecule has 72 heavy (non-hydrogen) atoms. The van der Waals surface area contributed by atoms with Gasteiger partial charge in [0, 0.05) is 85.8 Å². The zero-order valence-electron chi connectivity index (χ0n) is 43.2. The van der Waals surface area contributed by atoms with Gasteiger partial charge in [-0.2, -0.15) is 0 Å². The zero-order chi connectivity index (χ0) is 52.6. The van der Waals surface area contributed by atoms with Crippen LogP contribution in [0.2, 0.25) is 0 Å². The minimum absolute atomic E-state index is 0.0487. The van der Waals surface area contributed by atoms with Crippen LogP contribution in [0, 0.1) is 48.9 Å². The first kappa shape index (κ1) is 53.9. The number of rotatable bonds is 7. The number of anilines is 1. The lowest BCUT2D eigenvalue weighted by molar-refractivity contribution is -0.164. The standard InChI is InChI=1S/C54H72N6O12/c1-12-54-51(67)41-39-40(47(65)34(9)50(41)72-54)48(66)44(43-42(39)57-53(58-43)19-23-60(24-20-53)27-28(2)3)56-52(68)30(5)15-13-14-29(4)45(63)32(7)46(64)33(8)49(31(6)36(69-11)18-25-70-54)71-38(62)26-37(61)55-35-16-21-59(10)22-17-35/h1,13-15,18,25,28-29,31-33,35-36,45-46,49,57,63-66H,16-17,19-24,26-27H2,2-11H3,(H,55,61)/b14-13+,25-18+,30-15-,56-44?/t29-,31+,32+,33+,36-,45-,46+,49+,54-/m0/s1. The van der Waals surface area contributed by atoms with Gasteiger partial charge in [0.2, 0.25) is 5.91 Å². The van der Waals surface area contributed by atoms with Crippen LogP contribution < -0.4 is 26.1 Å². The van der Waals surface area contributed by atoms with Gasteiger partial charge in [0.15, 0.2) is 5.75 Å². The second-order valence-electron chi connectivity index (χ2n) is 21.0. The summed E-state index contributed by atoms with van der Waals surface area (Å²) in [4.78, 5) is 69.8. The molecule has 9 atom stereocenters. The first-order valence-electron chi connectivity index (χ1n) is 25.1. The Bertz CT molecular complexity index is 2710. The van der Waals surface area contributed by atoms with Crippen molar-refractivity contribution in [3.63, 3.8) is 0 Å². The minimum Gasteiger partial charge on any atom is -0.507 e. The van der Waals surface area contributed by atoms with E-state index in [2.05, 4.69) is 45.2 Å². The number of carbonyl (C=O) groups is 4. The monoisotopic (exact) mass is 997 g/mol. The van der Waals surface area contributed by atoms with Gasteiger partial charge in [-0.15, -0.1) is 6.42 Å². The van der Waals surface area contributed by atoms with E-state index < -0.39 is 101 Å². The van der Waals surface area contributed by atoms with Crippen LogP contribution in [0.3, 0.4) is 0 Å². The summed E-state index contributed by atoms with van der Waals surface area (Å²) in [5, 5.41) is 54.0. The first-order chi connectivity index (χ1) is 34.0. The van der Waals surface area contributed by atoms with Gasteiger partial charge in [0.05, 0.1) is 41.2 Å². The Balaban J connectivity index is 1.32. The van der Waals surface area contributed by atoms with Crippen molar-refractivity contribution in [2.45, 2.75) is 129 Å². The van der Waals surface area contributed by atoms with Crippen molar-refractivity contribution in [3.05, 3.63) is 58.0 Å². The molecule has 2 aromatic rings. The maximum absolute atomic E-state index is 15.0. The summed E-state index contributed by atoms with van der Waals surface area (Å²) in [6.07, 6.45) is 11.0. The Morgan fingerprint density at radius 3 is 2.29 bits per heavy atom. The molecule has 6 aliphatic heterocycles. The Kier molecular flexibility index (Phi) is 16.3. The molecule has 2 fully saturated rings. The highest BCUT2D eigenvalue weighted by Crippen LogP contribution is 2.51. The molecule has 2 aromatic carbocycles. The molecule has 6 aliphatic rings. The van der Waals surface area contributed by atoms with Gasteiger partial charge in [0.25, 0.3) is 11.7 Å². The number of ketones is 1. The quantitative estimate of drug-likeness (QED) is 0.0997. The van der Waals surface area contributed by atoms with Crippen LogP contribution in [0.1, 0.15) is 96.5 Å². The third-order valence-electron chi connectivity index (χ3n) is 15.2. The van der Waals surface area contributed by atoms with Gasteiger partial charge in [0.1, 0.15) is 40.4 Å². The number of hydrogen-bond donors (Lipinski definition) is 6. The molecule has 0 unspecified atom stereocenters. The number of phenolic OH excluding ortho intramolecular Hbond substituents is 2. The molecule has 390 valence electrons. The number of benzene rings is 2. The maximum atomic E-state index is 15.0. The molecule has 0 radical (unpaired) electrons. The second-order valence-corrected chi connectivity index (χ2v) is 21.0. The molecule has 2 saturated heterocycles. The van der Waals surface area contributed by atoms with Gasteiger partial charge in [-0.3, -0.25) is 24.2 Å². The summed E-state index contributed by atoms with van der Waals surface area (Å²) >= 11 is 0. The van der Waals surface area contributed by atoms with Crippen molar-refractivity contribution >= 4 is 40.0 Å². The van der Waals surface area contributed by atoms with Crippen molar-refractivity contribution in [2.75, 3.05) is 52.2 Å². The van der Waals surface area contributed by atoms with Crippen LogP contribution in [0.25, 0.3) is 10.8 Å². The molecular formula is C54H72N6O12. The predicted molar refractivity (Wildman–Crippen MR) is 268 cm³/mol. The van der Waals surface area contributed by atoms with E-state index in [9.17, 15) is 34.8 Å². The fourth-order valence-electron chi connectivity index (χ4n) is 10.8. The average Bonchev–Trinajstić information content (AvgIpc) is 3.86. The summed E-state index contributed by atoms with van der Waals surface area (Å²) in [6, 6.07) is -0.0870. The number of nitrogens with zero attached hydrogens (tertiary/aromatic N) is 4. The summed E-state index contributed by atoms with van der Waals surface area (Å²) in [5.41, 5.74) is -0.562. The number of aliphatic hydroxyl groups excluding tert-OH is 2. The number of carbonyl (C=O) groups excluding carboxylic acids is 4. The zero-order valence-corrected chi connectivity index (χ0v) is 43.2. The molecule has 6 heterocycles. The fourth-order valence-corrected chi connectivity index (χ4v) is 10.8. The first-order valence-corrected chi connectivity index (χ1v) is 25.1. The highest BCUT2D eigenvalue weighted by molar-refractivity contribution is 6.22. The van der Waals surface area contributed by atoms with E-state index in [1.807, 2.05) is 7.05 Å². The van der Waals surface area contributed by atoms with Crippen molar-refractivity contribution in [1.82, 2.24) is 15.1 Å². The van der Waals surface area contributed by atoms with E-state index in [-0.39, 0.29) is 55.7 Å². The van der Waals surface area contributed by atoms with Crippen LogP contribution in [0.5, 0.6) is 17.2 Å². The lowest BCUT2D eigenvalue weighted by Crippen LogP contribution is -2.47. The minimum atomic E-state index is -2.44. The Hall–Kier alpha value is -5.84. The van der Waals surface area contributed by atoms with Gasteiger partial charge in [-0.05, 0) is 64.7 Å². The number of allylic oxidation sites excluding steroid dienone is 2. The number of likely N-dealkylation sites (tertiary alicyclic amines) is 2. The molecular weight excluding hydrogens is 925 g/mol. The van der Waals surface area contributed by atoms with E-state index in [4.69, 9.17) is 30.4 Å². The van der Waals surface area contributed by atoms with Gasteiger partial charge in [-0.25, -0.2) is 4.99 Å². The number of amides is 2. The van der Waals surface area contributed by atoms with E-state index in [0.29, 0.717) is 31.8 Å². The number of nitrogens with one attached hydrogen (secondary N) is 2. The van der Waals surface area contributed by atoms with Crippen molar-refractivity contribution in [2.24, 2.45) is 39.6 Å². The van der Waals surface area contributed by atoms with Crippen LogP contribution in [0.15, 0.2) is 46.1 Å². The number of hydrogen-bond acceptors (Lipinski definition) is 16. The molecule has 1 spiro atoms. The SMILES string of the molecule is C#C[C@@]12O/C=C/[C@H](OC)[C@@H](C)[C@@H](OC(=O)CC(=O)NC3CCN(C)CC3)[C@H](C)[C@H](O)[C@H](C)[C@@H](O)[C@@H](C)/C=C/C=C(/C)C(=O)N=c3c(O)c4c(O)c(C)c(c(c4c4c3=NC3(CCN(CC(C)C)CC3)N4)C1=O)O2. The number of phenols is 2. The summed E-state index contributed by atoms with van der Waals surface area (Å²) in [6.45, 7) is 18.0. The largest absolute Gasteiger partial charge is 0.507 e. The fraction of sp³-hybridized carbons (Fsp3) is 0.593. The van der Waals surface area contributed by atoms with Gasteiger partial charge in [-0.1, -0.05) is 59.8 Å². The summed E-state index contributed by atoms with van der Waals surface area (Å²) in [7, 11) is 3.42. The number of Topliss-reactive ketones (excluding diaryl/α,β-unsaturated/α-hetero) is 1. The lowest BCUT2D eigenvalue weighted by Gasteiger charge is -2.38. The average molecular weight is 997 g/mol. The lowest BCUT2D eigenvalue weighted by atomic mass is 9.78. The molecule has 2 amide bonds. The third-order valence-corrected chi connectivity index (χ3v) is 15.2. The molecule has 0 saturated carbocycles. The van der Waals surface area contributed by atoms with Crippen molar-refractivity contribution in [1.29, 1.82) is 0 Å². The van der Waals surface area contributed by atoms with E-state index >= 15 is 4.79 Å². The van der Waals surface area contributed by atoms with Crippen LogP contribution in [0.4, 0.5) is 5.69 Å². The van der Waals surface area contributed by atoms with Gasteiger partial charge < -0.3 is 59.8 Å². The van der Waals surface area contributed by atoms with Crippen molar-refractivity contribution < 1.29 is 58.6 Å². The molecule has 8 rings (SSSR count). The predicted octanol–water partition coefficient (Wildman–Crippen LogP) is 3.94. The van der Waals surface area contributed by atoms with E-state index in [1.165, 1.54) is 26.2 Å². The Morgan fingerprint density at radius 1 is 0.972 bits per heavy atom. The van der Waals surface area contributed by atoms with E-state index in [0.717, 1.165) is 38.7 Å². The number of aliphatic hydroxyl groups is 2. The molecule has 18 nitrogen and oxygen atoms in total. The van der Waals surface area contributed by atoms with Crippen LogP contribution in [-0.4, -0.2) is 143 Å². The van der Waals surface area contributed by atoms with Crippen molar-refractivity contribution in [3.8, 4) is 29.6 Å². The Labute approximate surface area is 421 Å².